The van der Waals surface area contributed by atoms with Crippen molar-refractivity contribution in [2.45, 2.75) is 19.6 Å². The lowest BCUT2D eigenvalue weighted by Gasteiger charge is -2.17. The van der Waals surface area contributed by atoms with Crippen molar-refractivity contribution in [2.24, 2.45) is 0 Å². The summed E-state index contributed by atoms with van der Waals surface area (Å²) in [6.07, 6.45) is -4.40. The lowest BCUT2D eigenvalue weighted by molar-refractivity contribution is -0.384. The Labute approximate surface area is 153 Å². The number of halogens is 3. The van der Waals surface area contributed by atoms with Gasteiger partial charge in [-0.1, -0.05) is 24.3 Å². The number of likely N-dealkylation sites (N-methyl/N-ethyl adjacent to an activating group) is 1. The smallest absolute Gasteiger partial charge is 0.319 e. The third kappa shape index (κ3) is 5.52. The van der Waals surface area contributed by atoms with Gasteiger partial charge in [0.15, 0.2) is 0 Å². The van der Waals surface area contributed by atoms with E-state index in [1.54, 1.807) is 24.9 Å². The van der Waals surface area contributed by atoms with Crippen molar-refractivity contribution >= 4 is 17.3 Å². The fourth-order valence-corrected chi connectivity index (χ4v) is 2.56. The highest BCUT2D eigenvalue weighted by Crippen LogP contribution is 2.29. The number of hydrogen-bond acceptors (Lipinski definition) is 4. The van der Waals surface area contributed by atoms with Gasteiger partial charge in [0, 0.05) is 12.6 Å². The van der Waals surface area contributed by atoms with E-state index in [9.17, 15) is 28.1 Å². The average molecular weight is 381 g/mol. The van der Waals surface area contributed by atoms with E-state index >= 15 is 0 Å². The molecule has 0 atom stereocenters. The summed E-state index contributed by atoms with van der Waals surface area (Å²) in [6.45, 7) is 1.82. The highest BCUT2D eigenvalue weighted by molar-refractivity contribution is 5.95. The summed E-state index contributed by atoms with van der Waals surface area (Å²) in [7, 11) is 1.63. The molecule has 0 heterocycles. The Bertz CT molecular complexity index is 836. The molecule has 144 valence electrons. The van der Waals surface area contributed by atoms with Crippen LogP contribution in [0.3, 0.4) is 0 Å². The number of alkyl halides is 3. The molecule has 2 rings (SSSR count). The Balaban J connectivity index is 1.99. The number of nitrogens with one attached hydrogen (secondary N) is 1. The zero-order valence-electron chi connectivity index (χ0n) is 14.7. The number of benzene rings is 2. The second-order valence-corrected chi connectivity index (χ2v) is 6.14. The summed E-state index contributed by atoms with van der Waals surface area (Å²) in [4.78, 5) is 24.3. The van der Waals surface area contributed by atoms with E-state index in [1.807, 2.05) is 0 Å². The summed E-state index contributed by atoms with van der Waals surface area (Å²) in [6, 6.07) is 9.15. The van der Waals surface area contributed by atoms with E-state index in [-0.39, 0.29) is 24.5 Å². The molecule has 0 aliphatic carbocycles. The summed E-state index contributed by atoms with van der Waals surface area (Å²) in [5.41, 5.74) is 0.366. The minimum Gasteiger partial charge on any atom is -0.319 e. The Morgan fingerprint density at radius 3 is 2.37 bits per heavy atom. The Kier molecular flexibility index (Phi) is 6.17. The molecule has 2 aromatic carbocycles. The fraction of sp³-hybridized carbons (Fsp3) is 0.278. The first-order valence-electron chi connectivity index (χ1n) is 7.96. The van der Waals surface area contributed by atoms with Crippen LogP contribution in [0.2, 0.25) is 0 Å². The number of carbonyl (C=O) groups excluding carboxylic acids is 1. The van der Waals surface area contributed by atoms with Crippen LogP contribution < -0.4 is 5.32 Å². The van der Waals surface area contributed by atoms with Gasteiger partial charge in [-0.2, -0.15) is 13.2 Å². The van der Waals surface area contributed by atoms with Crippen LogP contribution in [-0.2, 0) is 17.5 Å². The molecule has 0 aliphatic heterocycles. The number of amides is 1. The molecule has 0 aliphatic rings. The molecule has 2 aromatic rings. The number of nitrogens with zero attached hydrogens (tertiary/aromatic N) is 2. The lowest BCUT2D eigenvalue weighted by atomic mass is 10.1. The van der Waals surface area contributed by atoms with Crippen LogP contribution in [-0.4, -0.2) is 29.3 Å². The predicted molar refractivity (Wildman–Crippen MR) is 94.2 cm³/mol. The second-order valence-electron chi connectivity index (χ2n) is 6.14. The van der Waals surface area contributed by atoms with E-state index in [1.165, 1.54) is 24.3 Å². The molecular weight excluding hydrogens is 363 g/mol. The van der Waals surface area contributed by atoms with Crippen molar-refractivity contribution in [1.29, 1.82) is 0 Å². The molecule has 0 radical (unpaired) electrons. The molecule has 1 amide bonds. The zero-order chi connectivity index (χ0) is 20.2. The van der Waals surface area contributed by atoms with E-state index < -0.39 is 22.6 Å². The van der Waals surface area contributed by atoms with Crippen molar-refractivity contribution < 1.29 is 22.9 Å². The SMILES string of the molecule is Cc1cccc([N+](=O)[O-])c1NC(=O)CN(C)Cc1ccc(C(F)(F)F)cc1. The fourth-order valence-electron chi connectivity index (χ4n) is 2.56. The monoisotopic (exact) mass is 381 g/mol. The molecular formula is C18H18F3N3O3. The standard InChI is InChI=1S/C18H18F3N3O3/c1-12-4-3-5-15(24(26)27)17(12)22-16(25)11-23(2)10-13-6-8-14(9-7-13)18(19,20)21/h3-9H,10-11H2,1-2H3,(H,22,25). The topological polar surface area (TPSA) is 75.5 Å². The first-order chi connectivity index (χ1) is 12.6. The summed E-state index contributed by atoms with van der Waals surface area (Å²) in [5.74, 6) is -0.457. The molecule has 0 bridgehead atoms. The minimum atomic E-state index is -4.40. The number of nitro benzene ring substituents is 1. The highest BCUT2D eigenvalue weighted by atomic mass is 19.4. The maximum Gasteiger partial charge on any atom is 0.416 e. The van der Waals surface area contributed by atoms with Crippen molar-refractivity contribution in [3.63, 3.8) is 0 Å². The van der Waals surface area contributed by atoms with Crippen LogP contribution in [0.25, 0.3) is 0 Å². The molecule has 9 heteroatoms. The highest BCUT2D eigenvalue weighted by Gasteiger charge is 2.30. The number of nitro groups is 1. The number of rotatable bonds is 6. The number of para-hydroxylation sites is 1. The number of carbonyl (C=O) groups is 1. The van der Waals surface area contributed by atoms with Crippen molar-refractivity contribution in [1.82, 2.24) is 4.90 Å². The van der Waals surface area contributed by atoms with Crippen LogP contribution >= 0.6 is 0 Å². The van der Waals surface area contributed by atoms with E-state index in [0.717, 1.165) is 12.1 Å². The van der Waals surface area contributed by atoms with Crippen LogP contribution in [0.5, 0.6) is 0 Å². The molecule has 0 aromatic heterocycles. The Hall–Kier alpha value is -2.94. The average Bonchev–Trinajstić information content (AvgIpc) is 2.56. The molecule has 0 spiro atoms. The van der Waals surface area contributed by atoms with E-state index in [0.29, 0.717) is 11.1 Å². The molecule has 6 nitrogen and oxygen atoms in total. The molecule has 0 saturated heterocycles. The van der Waals surface area contributed by atoms with Gasteiger partial charge in [-0.15, -0.1) is 0 Å². The van der Waals surface area contributed by atoms with Crippen LogP contribution in [0.15, 0.2) is 42.5 Å². The van der Waals surface area contributed by atoms with Gasteiger partial charge < -0.3 is 5.32 Å². The minimum absolute atomic E-state index is 0.0769. The van der Waals surface area contributed by atoms with Gasteiger partial charge in [0.2, 0.25) is 5.91 Å². The van der Waals surface area contributed by atoms with Crippen LogP contribution in [0.1, 0.15) is 16.7 Å². The van der Waals surface area contributed by atoms with E-state index in [2.05, 4.69) is 5.32 Å². The Morgan fingerprint density at radius 1 is 1.19 bits per heavy atom. The van der Waals surface area contributed by atoms with Gasteiger partial charge in [-0.3, -0.25) is 19.8 Å². The normalized spacial score (nSPS) is 11.5. The van der Waals surface area contributed by atoms with Gasteiger partial charge in [0.1, 0.15) is 5.69 Å². The van der Waals surface area contributed by atoms with Gasteiger partial charge >= 0.3 is 6.18 Å². The summed E-state index contributed by atoms with van der Waals surface area (Å²) < 4.78 is 37.7. The number of aryl methyl sites for hydroxylation is 1. The first-order valence-corrected chi connectivity index (χ1v) is 7.96. The van der Waals surface area contributed by atoms with Crippen molar-refractivity contribution in [3.05, 3.63) is 69.3 Å². The Morgan fingerprint density at radius 2 is 1.81 bits per heavy atom. The third-order valence-electron chi connectivity index (χ3n) is 3.86. The predicted octanol–water partition coefficient (Wildman–Crippen LogP) is 3.99. The second kappa shape index (κ2) is 8.17. The van der Waals surface area contributed by atoms with Gasteiger partial charge in [-0.05, 0) is 37.2 Å². The largest absolute Gasteiger partial charge is 0.416 e. The van der Waals surface area contributed by atoms with Crippen molar-refractivity contribution in [3.8, 4) is 0 Å². The molecule has 1 N–H and O–H groups in total. The molecule has 0 unspecified atom stereocenters. The van der Waals surface area contributed by atoms with E-state index in [4.69, 9.17) is 0 Å². The lowest BCUT2D eigenvalue weighted by Crippen LogP contribution is -2.30. The number of hydrogen-bond donors (Lipinski definition) is 1. The maximum absolute atomic E-state index is 12.6. The molecule has 0 saturated carbocycles. The molecule has 0 fully saturated rings. The van der Waals surface area contributed by atoms with Crippen LogP contribution in [0, 0.1) is 17.0 Å². The van der Waals surface area contributed by atoms with Crippen LogP contribution in [0.4, 0.5) is 24.5 Å². The maximum atomic E-state index is 12.6. The molecule has 27 heavy (non-hydrogen) atoms. The summed E-state index contributed by atoms with van der Waals surface area (Å²) >= 11 is 0. The van der Waals surface area contributed by atoms with Gasteiger partial charge in [-0.25, -0.2) is 0 Å². The first kappa shape index (κ1) is 20.4. The zero-order valence-corrected chi connectivity index (χ0v) is 14.7. The third-order valence-corrected chi connectivity index (χ3v) is 3.86. The quantitative estimate of drug-likeness (QED) is 0.606. The van der Waals surface area contributed by atoms with Gasteiger partial charge in [0.05, 0.1) is 17.0 Å². The number of anilines is 1. The van der Waals surface area contributed by atoms with Crippen molar-refractivity contribution in [2.75, 3.05) is 18.9 Å². The van der Waals surface area contributed by atoms with Gasteiger partial charge in [0.25, 0.3) is 5.69 Å². The summed E-state index contributed by atoms with van der Waals surface area (Å²) in [5, 5.41) is 13.6.